The molecule has 0 aliphatic carbocycles. The van der Waals surface area contributed by atoms with Gasteiger partial charge in [-0.3, -0.25) is 0 Å². The van der Waals surface area contributed by atoms with E-state index in [0.717, 1.165) is 12.8 Å². The van der Waals surface area contributed by atoms with Crippen molar-refractivity contribution in [1.29, 1.82) is 0 Å². The molecule has 0 aliphatic heterocycles. The highest BCUT2D eigenvalue weighted by atomic mass is 16.3. The van der Waals surface area contributed by atoms with Gasteiger partial charge in [-0.05, 0) is 38.0 Å². The third kappa shape index (κ3) is 11.5. The predicted octanol–water partition coefficient (Wildman–Crippen LogP) is 5.09. The summed E-state index contributed by atoms with van der Waals surface area (Å²) in [6.07, 6.45) is 10.1. The SMILES string of the molecule is C=CCCC(CC)(CC)CC.CCCC(O)CC(C)O. The molecule has 2 atom stereocenters. The van der Waals surface area contributed by atoms with E-state index in [2.05, 4.69) is 27.4 Å². The number of aliphatic hydroxyl groups excluding tert-OH is 2. The van der Waals surface area contributed by atoms with Crippen molar-refractivity contribution in [3.05, 3.63) is 12.7 Å². The zero-order chi connectivity index (χ0) is 16.0. The van der Waals surface area contributed by atoms with Crippen molar-refractivity contribution in [2.24, 2.45) is 5.41 Å². The van der Waals surface area contributed by atoms with Crippen molar-refractivity contribution >= 4 is 0 Å². The molecule has 122 valence electrons. The van der Waals surface area contributed by atoms with Crippen LogP contribution in [0.1, 0.15) is 86.0 Å². The van der Waals surface area contributed by atoms with Crippen LogP contribution in [0.5, 0.6) is 0 Å². The lowest BCUT2D eigenvalue weighted by Crippen LogP contribution is -2.16. The van der Waals surface area contributed by atoms with Gasteiger partial charge in [0.05, 0.1) is 12.2 Å². The number of aliphatic hydroxyl groups is 2. The predicted molar refractivity (Wildman–Crippen MR) is 89.9 cm³/mol. The Balaban J connectivity index is 0. The molecule has 2 heteroatoms. The lowest BCUT2D eigenvalue weighted by molar-refractivity contribution is 0.0848. The van der Waals surface area contributed by atoms with Gasteiger partial charge in [-0.2, -0.15) is 0 Å². The first-order chi connectivity index (χ1) is 9.41. The number of allylic oxidation sites excluding steroid dienone is 1. The molecule has 0 aliphatic rings. The van der Waals surface area contributed by atoms with E-state index in [1.54, 1.807) is 6.92 Å². The molecule has 0 aromatic rings. The highest BCUT2D eigenvalue weighted by Crippen LogP contribution is 2.35. The van der Waals surface area contributed by atoms with Crippen molar-refractivity contribution in [1.82, 2.24) is 0 Å². The zero-order valence-corrected chi connectivity index (χ0v) is 14.5. The molecule has 0 spiro atoms. The summed E-state index contributed by atoms with van der Waals surface area (Å²) in [6.45, 7) is 14.4. The van der Waals surface area contributed by atoms with Crippen LogP contribution in [0.25, 0.3) is 0 Å². The van der Waals surface area contributed by atoms with E-state index in [9.17, 15) is 0 Å². The molecule has 0 aromatic carbocycles. The minimum Gasteiger partial charge on any atom is -0.393 e. The number of hydrogen-bond acceptors (Lipinski definition) is 2. The largest absolute Gasteiger partial charge is 0.393 e. The Hall–Kier alpha value is -0.340. The molecule has 0 rings (SSSR count). The summed E-state index contributed by atoms with van der Waals surface area (Å²) in [7, 11) is 0. The van der Waals surface area contributed by atoms with Crippen molar-refractivity contribution < 1.29 is 10.2 Å². The van der Waals surface area contributed by atoms with Crippen LogP contribution in [0.4, 0.5) is 0 Å². The maximum absolute atomic E-state index is 9.06. The summed E-state index contributed by atoms with van der Waals surface area (Å²) in [5.41, 5.74) is 0.605. The van der Waals surface area contributed by atoms with Gasteiger partial charge in [0.1, 0.15) is 0 Å². The first-order valence-corrected chi connectivity index (χ1v) is 8.38. The molecule has 20 heavy (non-hydrogen) atoms. The second-order valence-electron chi connectivity index (χ2n) is 5.92. The Morgan fingerprint density at radius 1 is 1.05 bits per heavy atom. The Bertz CT molecular complexity index is 199. The standard InChI is InChI=1S/C11H22.C7H16O2/c1-5-9-10-11(6-2,7-3)8-4;1-3-4-7(9)5-6(2)8/h5H,1,6-10H2,2-4H3;6-9H,3-5H2,1-2H3. The minimum atomic E-state index is -0.369. The van der Waals surface area contributed by atoms with Crippen LogP contribution in [-0.4, -0.2) is 22.4 Å². The fraction of sp³-hybridized carbons (Fsp3) is 0.889. The van der Waals surface area contributed by atoms with Crippen molar-refractivity contribution in [3.8, 4) is 0 Å². The molecule has 2 unspecified atom stereocenters. The van der Waals surface area contributed by atoms with Gasteiger partial charge in [0, 0.05) is 0 Å². The molecule has 0 heterocycles. The van der Waals surface area contributed by atoms with Gasteiger partial charge >= 0.3 is 0 Å². The monoisotopic (exact) mass is 286 g/mol. The van der Waals surface area contributed by atoms with Gasteiger partial charge in [0.25, 0.3) is 0 Å². The van der Waals surface area contributed by atoms with E-state index < -0.39 is 0 Å². The van der Waals surface area contributed by atoms with E-state index >= 15 is 0 Å². The average molecular weight is 286 g/mol. The van der Waals surface area contributed by atoms with Crippen LogP contribution < -0.4 is 0 Å². The molecule has 2 nitrogen and oxygen atoms in total. The molecule has 0 bridgehead atoms. The van der Waals surface area contributed by atoms with Crippen LogP contribution in [0, 0.1) is 5.41 Å². The van der Waals surface area contributed by atoms with E-state index in [4.69, 9.17) is 10.2 Å². The van der Waals surface area contributed by atoms with E-state index in [1.165, 1.54) is 32.1 Å². The molecule has 0 aromatic heterocycles. The molecule has 0 amide bonds. The van der Waals surface area contributed by atoms with Crippen LogP contribution in [0.3, 0.4) is 0 Å². The van der Waals surface area contributed by atoms with Crippen molar-refractivity contribution in [3.63, 3.8) is 0 Å². The first-order valence-electron chi connectivity index (χ1n) is 8.38. The zero-order valence-electron chi connectivity index (χ0n) is 14.5. The molecule has 0 fully saturated rings. The van der Waals surface area contributed by atoms with Gasteiger partial charge in [-0.25, -0.2) is 0 Å². The molecule has 2 N–H and O–H groups in total. The summed E-state index contributed by atoms with van der Waals surface area (Å²) < 4.78 is 0. The Morgan fingerprint density at radius 3 is 1.85 bits per heavy atom. The van der Waals surface area contributed by atoms with Gasteiger partial charge in [0.2, 0.25) is 0 Å². The average Bonchev–Trinajstić information content (AvgIpc) is 2.41. The first kappa shape index (κ1) is 21.9. The van der Waals surface area contributed by atoms with Gasteiger partial charge < -0.3 is 10.2 Å². The quantitative estimate of drug-likeness (QED) is 0.549. The fourth-order valence-corrected chi connectivity index (χ4v) is 2.53. The van der Waals surface area contributed by atoms with Crippen molar-refractivity contribution in [2.75, 3.05) is 0 Å². The fourth-order valence-electron chi connectivity index (χ4n) is 2.53. The summed E-state index contributed by atoms with van der Waals surface area (Å²) in [6, 6.07) is 0. The van der Waals surface area contributed by atoms with Gasteiger partial charge in [0.15, 0.2) is 0 Å². The van der Waals surface area contributed by atoms with Crippen LogP contribution in [-0.2, 0) is 0 Å². The second-order valence-corrected chi connectivity index (χ2v) is 5.92. The number of rotatable bonds is 10. The normalized spacial score (nSPS) is 14.2. The second kappa shape index (κ2) is 13.6. The Labute approximate surface area is 127 Å². The smallest absolute Gasteiger partial charge is 0.0564 e. The Kier molecular flexibility index (Phi) is 15.0. The van der Waals surface area contributed by atoms with E-state index in [0.29, 0.717) is 11.8 Å². The van der Waals surface area contributed by atoms with Crippen LogP contribution in [0.15, 0.2) is 12.7 Å². The summed E-state index contributed by atoms with van der Waals surface area (Å²) >= 11 is 0. The van der Waals surface area contributed by atoms with E-state index in [1.807, 2.05) is 13.0 Å². The topological polar surface area (TPSA) is 40.5 Å². The molecule has 0 radical (unpaired) electrons. The van der Waals surface area contributed by atoms with Crippen LogP contribution in [0.2, 0.25) is 0 Å². The molecule has 0 saturated carbocycles. The van der Waals surface area contributed by atoms with E-state index in [-0.39, 0.29) is 12.2 Å². The van der Waals surface area contributed by atoms with Crippen LogP contribution >= 0.6 is 0 Å². The minimum absolute atomic E-state index is 0.310. The highest BCUT2D eigenvalue weighted by Gasteiger charge is 2.21. The summed E-state index contributed by atoms with van der Waals surface area (Å²) in [4.78, 5) is 0. The van der Waals surface area contributed by atoms with Gasteiger partial charge in [-0.1, -0.05) is 59.5 Å². The summed E-state index contributed by atoms with van der Waals surface area (Å²) in [5, 5.41) is 17.8. The molecule has 0 saturated heterocycles. The summed E-state index contributed by atoms with van der Waals surface area (Å²) in [5.74, 6) is 0. The third-order valence-electron chi connectivity index (χ3n) is 4.36. The third-order valence-corrected chi connectivity index (χ3v) is 4.36. The molecular weight excluding hydrogens is 248 g/mol. The lowest BCUT2D eigenvalue weighted by atomic mass is 9.76. The number of hydrogen-bond donors (Lipinski definition) is 2. The maximum atomic E-state index is 9.06. The lowest BCUT2D eigenvalue weighted by Gasteiger charge is -2.29. The highest BCUT2D eigenvalue weighted by molar-refractivity contribution is 4.79. The molecular formula is C18H38O2. The van der Waals surface area contributed by atoms with Gasteiger partial charge in [-0.15, -0.1) is 6.58 Å². The Morgan fingerprint density at radius 2 is 1.55 bits per heavy atom. The van der Waals surface area contributed by atoms with Crippen molar-refractivity contribution in [2.45, 2.75) is 98.2 Å². The maximum Gasteiger partial charge on any atom is 0.0564 e.